The van der Waals surface area contributed by atoms with Crippen LogP contribution in [-0.4, -0.2) is 28.7 Å². The maximum atomic E-state index is 12.9. The van der Waals surface area contributed by atoms with Gasteiger partial charge in [0.25, 0.3) is 11.8 Å². The topological polar surface area (TPSA) is 63.7 Å². The molecule has 2 aromatic carbocycles. The van der Waals surface area contributed by atoms with Crippen molar-refractivity contribution in [2.75, 3.05) is 0 Å². The molecule has 1 atom stereocenters. The van der Waals surface area contributed by atoms with Gasteiger partial charge in [-0.15, -0.1) is 0 Å². The monoisotopic (exact) mass is 385 g/mol. The van der Waals surface area contributed by atoms with Crippen molar-refractivity contribution in [2.24, 2.45) is 5.92 Å². The largest absolute Gasteiger partial charge is 0.425 e. The Morgan fingerprint density at radius 2 is 1.48 bits per heavy atom. The second-order valence-corrected chi connectivity index (χ2v) is 7.38. The SMILES string of the molecule is Cc1cc(OC(=O)C(C(C)C)N2C(=O)c3ccccc3C2=O)cc(C)c1Cl. The number of amides is 2. The van der Waals surface area contributed by atoms with E-state index in [9.17, 15) is 14.4 Å². The number of esters is 1. The Morgan fingerprint density at radius 1 is 1.00 bits per heavy atom. The highest BCUT2D eigenvalue weighted by atomic mass is 35.5. The molecule has 6 heteroatoms. The molecule has 5 nitrogen and oxygen atoms in total. The highest BCUT2D eigenvalue weighted by Gasteiger charge is 2.44. The number of halogens is 1. The Labute approximate surface area is 162 Å². The Balaban J connectivity index is 1.92. The van der Waals surface area contributed by atoms with E-state index in [0.717, 1.165) is 16.0 Å². The van der Waals surface area contributed by atoms with Crippen molar-refractivity contribution in [1.82, 2.24) is 4.90 Å². The van der Waals surface area contributed by atoms with Crippen molar-refractivity contribution in [3.63, 3.8) is 0 Å². The number of carbonyl (C=O) groups excluding carboxylic acids is 3. The standard InChI is InChI=1S/C21H20ClNO4/c1-11(2)18(21(26)27-14-9-12(3)17(22)13(4)10-14)23-19(24)15-7-5-6-8-16(15)20(23)25/h5-11,18H,1-4H3. The molecule has 1 heterocycles. The van der Waals surface area contributed by atoms with Crippen molar-refractivity contribution < 1.29 is 19.1 Å². The van der Waals surface area contributed by atoms with Gasteiger partial charge >= 0.3 is 5.97 Å². The van der Waals surface area contributed by atoms with Gasteiger partial charge in [0, 0.05) is 5.02 Å². The first kappa shape index (κ1) is 19.1. The summed E-state index contributed by atoms with van der Waals surface area (Å²) in [7, 11) is 0. The summed E-state index contributed by atoms with van der Waals surface area (Å²) in [5.74, 6) is -1.58. The highest BCUT2D eigenvalue weighted by Crippen LogP contribution is 2.30. The molecule has 0 bridgehead atoms. The summed E-state index contributed by atoms with van der Waals surface area (Å²) in [5.41, 5.74) is 2.17. The number of imide groups is 1. The van der Waals surface area contributed by atoms with Gasteiger partial charge in [0.1, 0.15) is 11.8 Å². The van der Waals surface area contributed by atoms with Gasteiger partial charge in [-0.2, -0.15) is 0 Å². The summed E-state index contributed by atoms with van der Waals surface area (Å²) in [5, 5.41) is 0.607. The van der Waals surface area contributed by atoms with Gasteiger partial charge in [-0.3, -0.25) is 14.5 Å². The smallest absolute Gasteiger partial charge is 0.335 e. The molecule has 0 radical (unpaired) electrons. The Hall–Kier alpha value is -2.66. The quantitative estimate of drug-likeness (QED) is 0.450. The number of hydrogen-bond donors (Lipinski definition) is 0. The fourth-order valence-electron chi connectivity index (χ4n) is 3.28. The molecule has 140 valence electrons. The van der Waals surface area contributed by atoms with Crippen LogP contribution in [0.5, 0.6) is 5.75 Å². The van der Waals surface area contributed by atoms with Crippen LogP contribution in [0.2, 0.25) is 5.02 Å². The molecule has 0 saturated carbocycles. The van der Waals surface area contributed by atoms with E-state index in [4.69, 9.17) is 16.3 Å². The first-order chi connectivity index (χ1) is 12.7. The first-order valence-corrected chi connectivity index (χ1v) is 9.05. The molecule has 3 rings (SSSR count). The maximum Gasteiger partial charge on any atom is 0.335 e. The van der Waals surface area contributed by atoms with Gasteiger partial charge < -0.3 is 4.74 Å². The lowest BCUT2D eigenvalue weighted by atomic mass is 10.0. The number of fused-ring (bicyclic) bond motifs is 1. The van der Waals surface area contributed by atoms with Crippen LogP contribution < -0.4 is 4.74 Å². The van der Waals surface area contributed by atoms with Crippen LogP contribution in [-0.2, 0) is 4.79 Å². The summed E-state index contributed by atoms with van der Waals surface area (Å²) in [4.78, 5) is 39.4. The Kier molecular flexibility index (Phi) is 5.07. The zero-order chi connectivity index (χ0) is 19.9. The number of rotatable bonds is 4. The second kappa shape index (κ2) is 7.16. The van der Waals surface area contributed by atoms with Gasteiger partial charge in [0.15, 0.2) is 0 Å². The van der Waals surface area contributed by atoms with Crippen LogP contribution in [0.25, 0.3) is 0 Å². The third-order valence-electron chi connectivity index (χ3n) is 4.61. The van der Waals surface area contributed by atoms with Crippen LogP contribution in [0.3, 0.4) is 0 Å². The lowest BCUT2D eigenvalue weighted by Gasteiger charge is -2.27. The molecule has 0 spiro atoms. The predicted molar refractivity (Wildman–Crippen MR) is 102 cm³/mol. The van der Waals surface area contributed by atoms with Crippen molar-refractivity contribution in [3.8, 4) is 5.75 Å². The van der Waals surface area contributed by atoms with E-state index in [1.807, 2.05) is 13.8 Å². The summed E-state index contributed by atoms with van der Waals surface area (Å²) >= 11 is 6.15. The fourth-order valence-corrected chi connectivity index (χ4v) is 3.39. The third kappa shape index (κ3) is 3.35. The fraction of sp³-hybridized carbons (Fsp3) is 0.286. The van der Waals surface area contributed by atoms with E-state index >= 15 is 0 Å². The summed E-state index contributed by atoms with van der Waals surface area (Å²) < 4.78 is 5.52. The highest BCUT2D eigenvalue weighted by molar-refractivity contribution is 6.32. The molecule has 0 aliphatic carbocycles. The van der Waals surface area contributed by atoms with E-state index in [-0.39, 0.29) is 5.92 Å². The van der Waals surface area contributed by atoms with E-state index < -0.39 is 23.8 Å². The number of benzene rings is 2. The van der Waals surface area contributed by atoms with Crippen LogP contribution in [0, 0.1) is 19.8 Å². The van der Waals surface area contributed by atoms with Crippen LogP contribution >= 0.6 is 11.6 Å². The van der Waals surface area contributed by atoms with Gasteiger partial charge in [-0.05, 0) is 55.2 Å². The summed E-state index contributed by atoms with van der Waals surface area (Å²) in [6, 6.07) is 8.85. The molecule has 1 unspecified atom stereocenters. The molecule has 0 fully saturated rings. The zero-order valence-electron chi connectivity index (χ0n) is 15.6. The molecule has 27 heavy (non-hydrogen) atoms. The van der Waals surface area contributed by atoms with Crippen LogP contribution in [0.4, 0.5) is 0 Å². The molecular weight excluding hydrogens is 366 g/mol. The van der Waals surface area contributed by atoms with Crippen molar-refractivity contribution in [2.45, 2.75) is 33.7 Å². The zero-order valence-corrected chi connectivity index (χ0v) is 16.3. The third-order valence-corrected chi connectivity index (χ3v) is 5.20. The minimum absolute atomic E-state index is 0.305. The molecule has 2 aromatic rings. The molecule has 2 amide bonds. The van der Waals surface area contributed by atoms with Crippen LogP contribution in [0.15, 0.2) is 36.4 Å². The van der Waals surface area contributed by atoms with E-state index in [1.54, 1.807) is 50.2 Å². The first-order valence-electron chi connectivity index (χ1n) is 8.67. The maximum absolute atomic E-state index is 12.9. The van der Waals surface area contributed by atoms with E-state index in [1.165, 1.54) is 0 Å². The van der Waals surface area contributed by atoms with Crippen molar-refractivity contribution >= 4 is 29.4 Å². The number of hydrogen-bond acceptors (Lipinski definition) is 4. The average molecular weight is 386 g/mol. The molecule has 0 saturated heterocycles. The van der Waals surface area contributed by atoms with Gasteiger partial charge in [0.05, 0.1) is 11.1 Å². The minimum atomic E-state index is -1.02. The van der Waals surface area contributed by atoms with Gasteiger partial charge in [-0.25, -0.2) is 4.79 Å². The molecule has 0 N–H and O–H groups in total. The summed E-state index contributed by atoms with van der Waals surface area (Å²) in [6.45, 7) is 7.18. The van der Waals surface area contributed by atoms with E-state index in [0.29, 0.717) is 21.9 Å². The van der Waals surface area contributed by atoms with E-state index in [2.05, 4.69) is 0 Å². The number of ether oxygens (including phenoxy) is 1. The summed E-state index contributed by atoms with van der Waals surface area (Å²) in [6.07, 6.45) is 0. The lowest BCUT2D eigenvalue weighted by Crippen LogP contribution is -2.49. The molecule has 0 aromatic heterocycles. The Bertz CT molecular complexity index is 893. The second-order valence-electron chi connectivity index (χ2n) is 7.01. The van der Waals surface area contributed by atoms with Gasteiger partial charge in [-0.1, -0.05) is 37.6 Å². The van der Waals surface area contributed by atoms with Crippen molar-refractivity contribution in [3.05, 3.63) is 63.7 Å². The van der Waals surface area contributed by atoms with Crippen LogP contribution in [0.1, 0.15) is 45.7 Å². The Morgan fingerprint density at radius 3 is 1.93 bits per heavy atom. The normalized spacial score (nSPS) is 14.5. The number of aryl methyl sites for hydroxylation is 2. The number of nitrogens with zero attached hydrogens (tertiary/aromatic N) is 1. The minimum Gasteiger partial charge on any atom is -0.425 e. The number of carbonyl (C=O) groups is 3. The average Bonchev–Trinajstić information content (AvgIpc) is 2.85. The predicted octanol–water partition coefficient (Wildman–Crippen LogP) is 4.18. The molecule has 1 aliphatic heterocycles. The van der Waals surface area contributed by atoms with Gasteiger partial charge in [0.2, 0.25) is 0 Å². The molecular formula is C21H20ClNO4. The van der Waals surface area contributed by atoms with Crippen molar-refractivity contribution in [1.29, 1.82) is 0 Å². The lowest BCUT2D eigenvalue weighted by molar-refractivity contribution is -0.140. The molecule has 1 aliphatic rings.